The zero-order valence-electron chi connectivity index (χ0n) is 10.2. The third-order valence-corrected chi connectivity index (χ3v) is 2.57. The number of benzene rings is 1. The zero-order chi connectivity index (χ0) is 14.7. The van der Waals surface area contributed by atoms with Crippen molar-refractivity contribution in [2.45, 2.75) is 6.54 Å². The molecule has 4 N–H and O–H groups in total. The normalized spacial score (nSPS) is 10.2. The fourth-order valence-electron chi connectivity index (χ4n) is 1.59. The first-order valence-corrected chi connectivity index (χ1v) is 5.59. The third-order valence-electron chi connectivity index (χ3n) is 2.57. The molecule has 0 amide bonds. The van der Waals surface area contributed by atoms with Gasteiger partial charge < -0.3 is 25.1 Å². The average molecular weight is 277 g/mol. The highest BCUT2D eigenvalue weighted by atomic mass is 16.4. The quantitative estimate of drug-likeness (QED) is 0.617. The van der Waals surface area contributed by atoms with E-state index in [1.165, 1.54) is 30.3 Å². The highest BCUT2D eigenvalue weighted by molar-refractivity contribution is 5.92. The van der Waals surface area contributed by atoms with Gasteiger partial charge in [0.15, 0.2) is 0 Å². The zero-order valence-corrected chi connectivity index (χ0v) is 10.2. The predicted octanol–water partition coefficient (Wildman–Crippen LogP) is 1.99. The SMILES string of the molecule is O=C(O)c1ccc(CNc2ccc(O)c(C(=O)O)c2)o1. The predicted molar refractivity (Wildman–Crippen MR) is 68.1 cm³/mol. The molecule has 1 heterocycles. The number of furan rings is 1. The van der Waals surface area contributed by atoms with Gasteiger partial charge in [-0.1, -0.05) is 0 Å². The number of carbonyl (C=O) groups is 2. The molecule has 0 bridgehead atoms. The summed E-state index contributed by atoms with van der Waals surface area (Å²) in [6.45, 7) is 0.192. The third kappa shape index (κ3) is 2.89. The number of carboxylic acid groups (broad SMARTS) is 2. The van der Waals surface area contributed by atoms with Crippen LogP contribution in [-0.2, 0) is 6.54 Å². The Morgan fingerprint density at radius 1 is 1.10 bits per heavy atom. The van der Waals surface area contributed by atoms with Gasteiger partial charge in [0.2, 0.25) is 5.76 Å². The molecule has 0 radical (unpaired) electrons. The van der Waals surface area contributed by atoms with Crippen molar-refractivity contribution in [3.63, 3.8) is 0 Å². The van der Waals surface area contributed by atoms with Crippen LogP contribution in [0.1, 0.15) is 26.7 Å². The lowest BCUT2D eigenvalue weighted by Gasteiger charge is -2.06. The summed E-state index contributed by atoms with van der Waals surface area (Å²) in [4.78, 5) is 21.5. The van der Waals surface area contributed by atoms with Crippen LogP contribution in [0, 0.1) is 0 Å². The maximum atomic E-state index is 10.9. The van der Waals surface area contributed by atoms with Crippen LogP contribution in [0.2, 0.25) is 0 Å². The minimum Gasteiger partial charge on any atom is -0.507 e. The van der Waals surface area contributed by atoms with Crippen LogP contribution in [-0.4, -0.2) is 27.3 Å². The molecule has 0 unspecified atom stereocenters. The van der Waals surface area contributed by atoms with Gasteiger partial charge in [0.05, 0.1) is 6.54 Å². The van der Waals surface area contributed by atoms with Gasteiger partial charge in [0.1, 0.15) is 17.1 Å². The molecule has 0 saturated carbocycles. The smallest absolute Gasteiger partial charge is 0.371 e. The molecule has 0 saturated heterocycles. The van der Waals surface area contributed by atoms with Crippen LogP contribution in [0.5, 0.6) is 5.75 Å². The number of anilines is 1. The summed E-state index contributed by atoms with van der Waals surface area (Å²) in [5, 5.41) is 29.8. The molecule has 0 fully saturated rings. The minimum atomic E-state index is -1.24. The number of aromatic carboxylic acids is 2. The Morgan fingerprint density at radius 2 is 1.85 bits per heavy atom. The molecular formula is C13H11NO6. The van der Waals surface area contributed by atoms with Crippen LogP contribution >= 0.6 is 0 Å². The Labute approximate surface area is 113 Å². The van der Waals surface area contributed by atoms with Crippen molar-refractivity contribution in [1.29, 1.82) is 0 Å². The Hall–Kier alpha value is -2.96. The highest BCUT2D eigenvalue weighted by Gasteiger charge is 2.11. The van der Waals surface area contributed by atoms with Crippen molar-refractivity contribution in [3.05, 3.63) is 47.4 Å². The standard InChI is InChI=1S/C13H11NO6/c15-10-3-1-7(5-9(10)12(16)17)14-6-8-2-4-11(20-8)13(18)19/h1-5,14-15H,6H2,(H,16,17)(H,18,19). The Balaban J connectivity index is 2.08. The molecule has 0 spiro atoms. The second kappa shape index (κ2) is 5.35. The molecule has 7 heteroatoms. The van der Waals surface area contributed by atoms with Crippen molar-refractivity contribution in [2.24, 2.45) is 0 Å². The van der Waals surface area contributed by atoms with Gasteiger partial charge in [-0.25, -0.2) is 9.59 Å². The average Bonchev–Trinajstić information content (AvgIpc) is 2.86. The summed E-state index contributed by atoms with van der Waals surface area (Å²) < 4.78 is 5.04. The fraction of sp³-hybridized carbons (Fsp3) is 0.0769. The number of nitrogens with one attached hydrogen (secondary N) is 1. The first-order chi connectivity index (χ1) is 9.47. The second-order valence-electron chi connectivity index (χ2n) is 3.96. The lowest BCUT2D eigenvalue weighted by atomic mass is 10.2. The van der Waals surface area contributed by atoms with E-state index in [1.54, 1.807) is 0 Å². The van der Waals surface area contributed by atoms with E-state index < -0.39 is 11.9 Å². The van der Waals surface area contributed by atoms with Gasteiger partial charge in [0, 0.05) is 5.69 Å². The fourth-order valence-corrected chi connectivity index (χ4v) is 1.59. The number of carboxylic acids is 2. The summed E-state index contributed by atoms with van der Waals surface area (Å²) in [7, 11) is 0. The van der Waals surface area contributed by atoms with E-state index in [4.69, 9.17) is 14.6 Å². The second-order valence-corrected chi connectivity index (χ2v) is 3.96. The van der Waals surface area contributed by atoms with Gasteiger partial charge >= 0.3 is 11.9 Å². The van der Waals surface area contributed by atoms with Gasteiger partial charge in [-0.3, -0.25) is 0 Å². The molecule has 1 aromatic heterocycles. The molecule has 104 valence electrons. The van der Waals surface area contributed by atoms with E-state index in [0.717, 1.165) is 0 Å². The number of aromatic hydroxyl groups is 1. The largest absolute Gasteiger partial charge is 0.507 e. The summed E-state index contributed by atoms with van der Waals surface area (Å²) in [5.74, 6) is -2.49. The molecule has 20 heavy (non-hydrogen) atoms. The monoisotopic (exact) mass is 277 g/mol. The summed E-state index contributed by atoms with van der Waals surface area (Å²) in [5.41, 5.74) is 0.245. The van der Waals surface area contributed by atoms with E-state index in [9.17, 15) is 14.7 Å². The van der Waals surface area contributed by atoms with Crippen molar-refractivity contribution >= 4 is 17.6 Å². The van der Waals surface area contributed by atoms with Crippen LogP contribution < -0.4 is 5.32 Å². The minimum absolute atomic E-state index is 0.168. The summed E-state index contributed by atoms with van der Waals surface area (Å²) in [6.07, 6.45) is 0. The number of phenols is 1. The molecule has 7 nitrogen and oxygen atoms in total. The molecule has 0 aliphatic heterocycles. The molecule has 2 aromatic rings. The van der Waals surface area contributed by atoms with Crippen LogP contribution in [0.4, 0.5) is 5.69 Å². The van der Waals surface area contributed by atoms with Crippen molar-refractivity contribution < 1.29 is 29.3 Å². The highest BCUT2D eigenvalue weighted by Crippen LogP contribution is 2.22. The molecular weight excluding hydrogens is 266 g/mol. The lowest BCUT2D eigenvalue weighted by Crippen LogP contribution is -2.02. The van der Waals surface area contributed by atoms with E-state index >= 15 is 0 Å². The van der Waals surface area contributed by atoms with E-state index in [-0.39, 0.29) is 23.6 Å². The summed E-state index contributed by atoms with van der Waals surface area (Å²) in [6, 6.07) is 6.88. The van der Waals surface area contributed by atoms with Gasteiger partial charge in [-0.2, -0.15) is 0 Å². The maximum Gasteiger partial charge on any atom is 0.371 e. The molecule has 1 aromatic carbocycles. The molecule has 0 aliphatic carbocycles. The number of rotatable bonds is 5. The first-order valence-electron chi connectivity index (χ1n) is 5.59. The number of hydrogen-bond acceptors (Lipinski definition) is 5. The molecule has 0 atom stereocenters. The van der Waals surface area contributed by atoms with E-state index in [2.05, 4.69) is 5.32 Å². The molecule has 0 aliphatic rings. The summed E-state index contributed by atoms with van der Waals surface area (Å²) >= 11 is 0. The number of hydrogen-bond donors (Lipinski definition) is 4. The van der Waals surface area contributed by atoms with Crippen LogP contribution in [0.25, 0.3) is 0 Å². The Kier molecular flexibility index (Phi) is 3.60. The Morgan fingerprint density at radius 3 is 2.45 bits per heavy atom. The maximum absolute atomic E-state index is 10.9. The lowest BCUT2D eigenvalue weighted by molar-refractivity contribution is 0.0657. The topological polar surface area (TPSA) is 120 Å². The van der Waals surface area contributed by atoms with Crippen molar-refractivity contribution in [3.8, 4) is 5.75 Å². The van der Waals surface area contributed by atoms with Crippen molar-refractivity contribution in [1.82, 2.24) is 0 Å². The van der Waals surface area contributed by atoms with Gasteiger partial charge in [-0.15, -0.1) is 0 Å². The van der Waals surface area contributed by atoms with Gasteiger partial charge in [0.25, 0.3) is 0 Å². The van der Waals surface area contributed by atoms with E-state index in [0.29, 0.717) is 11.4 Å². The van der Waals surface area contributed by atoms with E-state index in [1.807, 2.05) is 0 Å². The van der Waals surface area contributed by atoms with Gasteiger partial charge in [-0.05, 0) is 30.3 Å². The Bertz CT molecular complexity index is 661. The van der Waals surface area contributed by atoms with Crippen molar-refractivity contribution in [2.75, 3.05) is 5.32 Å². The van der Waals surface area contributed by atoms with Crippen LogP contribution in [0.15, 0.2) is 34.7 Å². The van der Waals surface area contributed by atoms with Crippen LogP contribution in [0.3, 0.4) is 0 Å². The first kappa shape index (κ1) is 13.5. The molecule has 2 rings (SSSR count).